The van der Waals surface area contributed by atoms with E-state index >= 15 is 0 Å². The van der Waals surface area contributed by atoms with E-state index in [0.717, 1.165) is 42.9 Å². The van der Waals surface area contributed by atoms with Gasteiger partial charge in [0.25, 0.3) is 0 Å². The predicted molar refractivity (Wildman–Crippen MR) is 127 cm³/mol. The van der Waals surface area contributed by atoms with Gasteiger partial charge in [0.2, 0.25) is 11.8 Å². The van der Waals surface area contributed by atoms with E-state index in [1.807, 2.05) is 41.8 Å². The number of fused-ring (bicyclic) bond motifs is 1. The summed E-state index contributed by atoms with van der Waals surface area (Å²) in [7, 11) is 0. The van der Waals surface area contributed by atoms with Crippen LogP contribution in [0.3, 0.4) is 0 Å². The molecule has 1 unspecified atom stereocenters. The molecule has 2 aliphatic rings. The van der Waals surface area contributed by atoms with Crippen molar-refractivity contribution in [1.29, 1.82) is 0 Å². The van der Waals surface area contributed by atoms with Crippen molar-refractivity contribution >= 4 is 29.3 Å². The van der Waals surface area contributed by atoms with Gasteiger partial charge in [-0.15, -0.1) is 0 Å². The molecule has 2 aliphatic heterocycles. The first kappa shape index (κ1) is 21.9. The van der Waals surface area contributed by atoms with Crippen molar-refractivity contribution in [2.24, 2.45) is 0 Å². The summed E-state index contributed by atoms with van der Waals surface area (Å²) in [5.41, 5.74) is 5.47. The van der Waals surface area contributed by atoms with Crippen LogP contribution in [-0.4, -0.2) is 52.8 Å². The molecule has 164 valence electrons. The number of amides is 2. The first-order valence-corrected chi connectivity index (χ1v) is 12.2. The minimum atomic E-state index is -0.211. The zero-order chi connectivity index (χ0) is 21.8. The van der Waals surface area contributed by atoms with Gasteiger partial charge in [-0.1, -0.05) is 36.4 Å². The Morgan fingerprint density at radius 3 is 2.65 bits per heavy atom. The molecular formula is C25H31N3O2S. The molecule has 0 saturated carbocycles. The number of benzene rings is 2. The van der Waals surface area contributed by atoms with E-state index in [2.05, 4.69) is 34.5 Å². The maximum absolute atomic E-state index is 13.0. The fraction of sp³-hybridized carbons (Fsp3) is 0.440. The number of carbonyl (C=O) groups is 2. The Kier molecular flexibility index (Phi) is 6.98. The lowest BCUT2D eigenvalue weighted by molar-refractivity contribution is -0.132. The number of hydrogen-bond donors (Lipinski definition) is 1. The van der Waals surface area contributed by atoms with Gasteiger partial charge >= 0.3 is 0 Å². The maximum atomic E-state index is 13.0. The molecule has 0 aliphatic carbocycles. The monoisotopic (exact) mass is 437 g/mol. The number of anilines is 1. The van der Waals surface area contributed by atoms with Crippen molar-refractivity contribution in [1.82, 2.24) is 9.80 Å². The van der Waals surface area contributed by atoms with E-state index in [-0.39, 0.29) is 24.3 Å². The number of thioether (sulfide) groups is 1. The van der Waals surface area contributed by atoms with Crippen LogP contribution < -0.4 is 5.32 Å². The maximum Gasteiger partial charge on any atom is 0.226 e. The SMILES string of the molecule is CC(=O)N1CCc2ccccc2C1CC(=O)Nc1cc(CN2CCSCC2)ccc1C. The normalized spacial score (nSPS) is 19.0. The number of aryl methyl sites for hydroxylation is 1. The molecule has 1 fully saturated rings. The summed E-state index contributed by atoms with van der Waals surface area (Å²) in [6.45, 7) is 7.41. The minimum absolute atomic E-state index is 0.0187. The third kappa shape index (κ3) is 5.31. The van der Waals surface area contributed by atoms with Gasteiger partial charge in [-0.2, -0.15) is 11.8 Å². The fourth-order valence-corrected chi connectivity index (χ4v) is 5.52. The smallest absolute Gasteiger partial charge is 0.226 e. The molecule has 1 saturated heterocycles. The second-order valence-electron chi connectivity index (χ2n) is 8.47. The Balaban J connectivity index is 1.47. The lowest BCUT2D eigenvalue weighted by Gasteiger charge is -2.36. The van der Waals surface area contributed by atoms with Crippen molar-refractivity contribution < 1.29 is 9.59 Å². The van der Waals surface area contributed by atoms with Gasteiger partial charge in [0.1, 0.15) is 0 Å². The van der Waals surface area contributed by atoms with Gasteiger partial charge in [0.15, 0.2) is 0 Å². The highest BCUT2D eigenvalue weighted by atomic mass is 32.2. The Hall–Kier alpha value is -2.31. The van der Waals surface area contributed by atoms with Crippen LogP contribution in [0.1, 0.15) is 41.6 Å². The molecule has 1 atom stereocenters. The van der Waals surface area contributed by atoms with Crippen LogP contribution in [0.25, 0.3) is 0 Å². The summed E-state index contributed by atoms with van der Waals surface area (Å²) in [5.74, 6) is 2.34. The Morgan fingerprint density at radius 1 is 1.10 bits per heavy atom. The first-order chi connectivity index (χ1) is 15.0. The summed E-state index contributed by atoms with van der Waals surface area (Å²) < 4.78 is 0. The van der Waals surface area contributed by atoms with Gasteiger partial charge in [0, 0.05) is 50.3 Å². The molecule has 1 N–H and O–H groups in total. The molecule has 5 nitrogen and oxygen atoms in total. The van der Waals surface area contributed by atoms with Crippen LogP contribution in [-0.2, 0) is 22.6 Å². The lowest BCUT2D eigenvalue weighted by atomic mass is 9.90. The molecular weight excluding hydrogens is 406 g/mol. The van der Waals surface area contributed by atoms with Gasteiger partial charge in [-0.25, -0.2) is 0 Å². The van der Waals surface area contributed by atoms with E-state index in [9.17, 15) is 9.59 Å². The molecule has 6 heteroatoms. The molecule has 2 amide bonds. The quantitative estimate of drug-likeness (QED) is 0.768. The van der Waals surface area contributed by atoms with Gasteiger partial charge in [-0.05, 0) is 41.7 Å². The summed E-state index contributed by atoms with van der Waals surface area (Å²) in [4.78, 5) is 29.6. The molecule has 2 aromatic rings. The van der Waals surface area contributed by atoms with Crippen molar-refractivity contribution in [3.8, 4) is 0 Å². The second kappa shape index (κ2) is 9.88. The van der Waals surface area contributed by atoms with E-state index in [1.54, 1.807) is 6.92 Å². The summed E-state index contributed by atoms with van der Waals surface area (Å²) in [6, 6.07) is 14.3. The van der Waals surface area contributed by atoms with Crippen LogP contribution >= 0.6 is 11.8 Å². The third-order valence-electron chi connectivity index (χ3n) is 6.28. The molecule has 0 spiro atoms. The predicted octanol–water partition coefficient (Wildman–Crippen LogP) is 4.02. The summed E-state index contributed by atoms with van der Waals surface area (Å²) >= 11 is 2.01. The standard InChI is InChI=1S/C25H31N3O2S/c1-18-7-8-20(17-27-11-13-31-14-12-27)15-23(18)26-25(30)16-24-22-6-4-3-5-21(22)9-10-28(24)19(2)29/h3-8,15,24H,9-14,16-17H2,1-2H3,(H,26,30). The number of nitrogens with zero attached hydrogens (tertiary/aromatic N) is 2. The Bertz CT molecular complexity index is 956. The van der Waals surface area contributed by atoms with E-state index < -0.39 is 0 Å². The molecule has 0 bridgehead atoms. The molecule has 0 aromatic heterocycles. The second-order valence-corrected chi connectivity index (χ2v) is 9.69. The van der Waals surface area contributed by atoms with Crippen LogP contribution in [0.4, 0.5) is 5.69 Å². The van der Waals surface area contributed by atoms with Crippen LogP contribution in [0.5, 0.6) is 0 Å². The van der Waals surface area contributed by atoms with Gasteiger partial charge in [0.05, 0.1) is 12.5 Å². The number of hydrogen-bond acceptors (Lipinski definition) is 4. The highest BCUT2D eigenvalue weighted by Crippen LogP contribution is 2.33. The van der Waals surface area contributed by atoms with Crippen molar-refractivity contribution in [2.75, 3.05) is 36.5 Å². The van der Waals surface area contributed by atoms with Gasteiger partial charge < -0.3 is 10.2 Å². The highest BCUT2D eigenvalue weighted by Gasteiger charge is 2.30. The van der Waals surface area contributed by atoms with Gasteiger partial charge in [-0.3, -0.25) is 14.5 Å². The zero-order valence-electron chi connectivity index (χ0n) is 18.4. The Morgan fingerprint density at radius 2 is 1.87 bits per heavy atom. The largest absolute Gasteiger partial charge is 0.335 e. The van der Waals surface area contributed by atoms with Crippen molar-refractivity contribution in [3.05, 3.63) is 64.7 Å². The molecule has 0 radical (unpaired) electrons. The summed E-state index contributed by atoms with van der Waals surface area (Å²) in [5, 5.41) is 3.13. The molecule has 4 rings (SSSR count). The van der Waals surface area contributed by atoms with E-state index in [1.165, 1.54) is 22.6 Å². The van der Waals surface area contributed by atoms with Crippen LogP contribution in [0, 0.1) is 6.92 Å². The molecule has 2 heterocycles. The zero-order valence-corrected chi connectivity index (χ0v) is 19.2. The minimum Gasteiger partial charge on any atom is -0.335 e. The number of nitrogens with one attached hydrogen (secondary N) is 1. The van der Waals surface area contributed by atoms with E-state index in [0.29, 0.717) is 6.54 Å². The average Bonchev–Trinajstić information content (AvgIpc) is 2.77. The molecule has 31 heavy (non-hydrogen) atoms. The average molecular weight is 438 g/mol. The fourth-order valence-electron chi connectivity index (χ4n) is 4.55. The van der Waals surface area contributed by atoms with Crippen molar-refractivity contribution in [3.63, 3.8) is 0 Å². The highest BCUT2D eigenvalue weighted by molar-refractivity contribution is 7.99. The first-order valence-electron chi connectivity index (χ1n) is 11.1. The lowest BCUT2D eigenvalue weighted by Crippen LogP contribution is -2.40. The molecule has 2 aromatic carbocycles. The topological polar surface area (TPSA) is 52.7 Å². The van der Waals surface area contributed by atoms with Crippen molar-refractivity contribution in [2.45, 2.75) is 39.3 Å². The Labute approximate surface area is 189 Å². The number of rotatable bonds is 5. The van der Waals surface area contributed by atoms with Crippen LogP contribution in [0.2, 0.25) is 0 Å². The summed E-state index contributed by atoms with van der Waals surface area (Å²) in [6.07, 6.45) is 1.10. The van der Waals surface area contributed by atoms with E-state index in [4.69, 9.17) is 0 Å². The number of carbonyl (C=O) groups excluding carboxylic acids is 2. The third-order valence-corrected chi connectivity index (χ3v) is 7.22. The van der Waals surface area contributed by atoms with Crippen LogP contribution in [0.15, 0.2) is 42.5 Å².